The molecule has 4 N–H and O–H groups in total. The van der Waals surface area contributed by atoms with E-state index in [1.165, 1.54) is 92.2 Å². The van der Waals surface area contributed by atoms with Gasteiger partial charge in [-0.1, -0.05) is 90.4 Å². The number of hydrogen-bond acceptors (Lipinski definition) is 6. The lowest BCUT2D eigenvalue weighted by molar-refractivity contribution is -0.122. The molecule has 0 aliphatic carbocycles. The van der Waals surface area contributed by atoms with Crippen molar-refractivity contribution in [3.05, 3.63) is 29.3 Å². The number of aromatic carboxylic acids is 1. The lowest BCUT2D eigenvalue weighted by Crippen LogP contribution is -2.46. The first-order chi connectivity index (χ1) is 20.2. The number of anilines is 1. The van der Waals surface area contributed by atoms with Crippen molar-refractivity contribution in [2.75, 3.05) is 30.3 Å². The maximum atomic E-state index is 13.5. The van der Waals surface area contributed by atoms with Gasteiger partial charge in [0.2, 0.25) is 15.9 Å². The molecule has 3 rings (SSSR count). The molecule has 0 unspecified atom stereocenters. The van der Waals surface area contributed by atoms with E-state index in [0.29, 0.717) is 12.1 Å². The molecule has 1 aromatic rings. The minimum absolute atomic E-state index is 0.0121. The number of sulfonamides is 1. The van der Waals surface area contributed by atoms with Crippen molar-refractivity contribution in [3.63, 3.8) is 0 Å². The fourth-order valence-corrected chi connectivity index (χ4v) is 7.45. The van der Waals surface area contributed by atoms with Crippen LogP contribution in [0.25, 0.3) is 0 Å². The molecule has 0 bridgehead atoms. The highest BCUT2D eigenvalue weighted by atomic mass is 32.2. The lowest BCUT2D eigenvalue weighted by atomic mass is 10.0. The molecule has 2 atom stereocenters. The molecule has 11 heteroatoms. The fraction of sp³-hybridized carbons (Fsp3) is 0.710. The van der Waals surface area contributed by atoms with Crippen LogP contribution in [0.5, 0.6) is 0 Å². The van der Waals surface area contributed by atoms with Crippen LogP contribution in [0.3, 0.4) is 0 Å². The van der Waals surface area contributed by atoms with Crippen molar-refractivity contribution in [2.24, 2.45) is 5.73 Å². The molecule has 10 nitrogen and oxygen atoms in total. The third-order valence-corrected chi connectivity index (χ3v) is 9.86. The molecule has 236 valence electrons. The summed E-state index contributed by atoms with van der Waals surface area (Å²) < 4.78 is 28.4. The number of unbranched alkanes of at least 4 members (excludes halogenated alkanes) is 13. The molecule has 2 aliphatic rings. The van der Waals surface area contributed by atoms with Gasteiger partial charge >= 0.3 is 5.97 Å². The van der Waals surface area contributed by atoms with Gasteiger partial charge in [-0.05, 0) is 31.0 Å². The molecular formula is C31H50N4O6S. The number of carboxylic acid groups (broad SMARTS) is 1. The highest BCUT2D eigenvalue weighted by Crippen LogP contribution is 2.33. The molecule has 2 amide bonds. The van der Waals surface area contributed by atoms with Gasteiger partial charge in [-0.2, -0.15) is 0 Å². The van der Waals surface area contributed by atoms with Gasteiger partial charge in [0.25, 0.3) is 5.91 Å². The summed E-state index contributed by atoms with van der Waals surface area (Å²) in [6.45, 7) is 2.60. The van der Waals surface area contributed by atoms with Crippen molar-refractivity contribution >= 4 is 33.5 Å². The zero-order valence-electron chi connectivity index (χ0n) is 25.2. The highest BCUT2D eigenvalue weighted by Gasteiger charge is 2.46. The second-order valence-electron chi connectivity index (χ2n) is 11.8. The van der Waals surface area contributed by atoms with E-state index in [9.17, 15) is 27.9 Å². The molecule has 1 fully saturated rings. The van der Waals surface area contributed by atoms with Gasteiger partial charge < -0.3 is 20.6 Å². The molecule has 0 radical (unpaired) electrons. The third kappa shape index (κ3) is 9.77. The summed E-state index contributed by atoms with van der Waals surface area (Å²) in [7, 11) is -3.58. The first kappa shape index (κ1) is 34.0. The fourth-order valence-electron chi connectivity index (χ4n) is 6.07. The number of nitrogens with two attached hydrogens (primary N) is 1. The highest BCUT2D eigenvalue weighted by molar-refractivity contribution is 7.89. The Morgan fingerprint density at radius 2 is 1.52 bits per heavy atom. The summed E-state index contributed by atoms with van der Waals surface area (Å²) in [6, 6.07) is 2.65. The van der Waals surface area contributed by atoms with Gasteiger partial charge in [-0.25, -0.2) is 17.9 Å². The zero-order chi connectivity index (χ0) is 30.5. The molecule has 1 aromatic carbocycles. The standard InChI is InChI=1S/C31H50N4O6S/c1-2-3-4-5-6-7-8-9-10-11-12-13-14-15-20-42(40,41)33-25-22-28-30(37)34(19-18-32)27-17-16-24(31(38)39)21-26(27)29(36)35(28)23-25/h16-17,21,25,28,33H,2-15,18-20,22-23,32H2,1H3,(H,38,39)/t25-,28-/m0/s1. The Bertz CT molecular complexity index is 1160. The number of hydrogen-bond donors (Lipinski definition) is 3. The predicted molar refractivity (Wildman–Crippen MR) is 165 cm³/mol. The second-order valence-corrected chi connectivity index (χ2v) is 13.6. The van der Waals surface area contributed by atoms with Gasteiger partial charge in [0.05, 0.1) is 22.6 Å². The van der Waals surface area contributed by atoms with Crippen LogP contribution in [0.4, 0.5) is 5.69 Å². The van der Waals surface area contributed by atoms with Gasteiger partial charge in [-0.15, -0.1) is 0 Å². The molecule has 0 spiro atoms. The molecule has 2 aliphatic heterocycles. The van der Waals surface area contributed by atoms with Gasteiger partial charge in [0, 0.05) is 25.7 Å². The first-order valence-electron chi connectivity index (χ1n) is 15.9. The average Bonchev–Trinajstić information content (AvgIpc) is 3.35. The molecule has 0 aromatic heterocycles. The van der Waals surface area contributed by atoms with Crippen molar-refractivity contribution in [2.45, 2.75) is 115 Å². The molecule has 42 heavy (non-hydrogen) atoms. The maximum Gasteiger partial charge on any atom is 0.335 e. The number of amides is 2. The van der Waals surface area contributed by atoms with Crippen molar-refractivity contribution in [1.29, 1.82) is 0 Å². The smallest absolute Gasteiger partial charge is 0.335 e. The minimum Gasteiger partial charge on any atom is -0.478 e. The summed E-state index contributed by atoms with van der Waals surface area (Å²) in [6.07, 6.45) is 16.8. The number of benzene rings is 1. The van der Waals surface area contributed by atoms with E-state index in [0.717, 1.165) is 19.3 Å². The first-order valence-corrected chi connectivity index (χ1v) is 17.5. The summed E-state index contributed by atoms with van der Waals surface area (Å²) in [5, 5.41) is 9.42. The molecule has 2 heterocycles. The topological polar surface area (TPSA) is 150 Å². The monoisotopic (exact) mass is 606 g/mol. The van der Waals surface area contributed by atoms with Crippen LogP contribution in [-0.2, 0) is 14.8 Å². The van der Waals surface area contributed by atoms with Crippen LogP contribution in [0.15, 0.2) is 18.2 Å². The Labute approximate surface area is 251 Å². The van der Waals surface area contributed by atoms with Crippen LogP contribution in [-0.4, -0.2) is 73.7 Å². The summed E-state index contributed by atoms with van der Waals surface area (Å²) in [4.78, 5) is 41.2. The number of carbonyl (C=O) groups excluding carboxylic acids is 2. The Morgan fingerprint density at radius 3 is 2.07 bits per heavy atom. The average molecular weight is 607 g/mol. The SMILES string of the molecule is CCCCCCCCCCCCCCCCS(=O)(=O)N[C@H]1C[C@H]2C(=O)N(CCN)c3ccc(C(=O)O)cc3C(=O)N2C1. The Balaban J connectivity index is 1.43. The van der Waals surface area contributed by atoms with Crippen LogP contribution >= 0.6 is 0 Å². The van der Waals surface area contributed by atoms with Crippen LogP contribution < -0.4 is 15.4 Å². The van der Waals surface area contributed by atoms with E-state index in [-0.39, 0.29) is 48.8 Å². The lowest BCUT2D eigenvalue weighted by Gasteiger charge is -2.25. The quantitative estimate of drug-likeness (QED) is 0.183. The number of carbonyl (C=O) groups is 3. The summed E-state index contributed by atoms with van der Waals surface area (Å²) in [5.74, 6) is -2.00. The van der Waals surface area contributed by atoms with Crippen molar-refractivity contribution in [3.8, 4) is 0 Å². The third-order valence-electron chi connectivity index (χ3n) is 8.34. The van der Waals surface area contributed by atoms with E-state index >= 15 is 0 Å². The van der Waals surface area contributed by atoms with E-state index in [1.807, 2.05) is 0 Å². The van der Waals surface area contributed by atoms with Crippen molar-refractivity contribution in [1.82, 2.24) is 9.62 Å². The van der Waals surface area contributed by atoms with Crippen LogP contribution in [0.2, 0.25) is 0 Å². The van der Waals surface area contributed by atoms with Gasteiger partial charge in [0.15, 0.2) is 0 Å². The molecule has 0 saturated carbocycles. The predicted octanol–water partition coefficient (Wildman–Crippen LogP) is 4.67. The molecule has 1 saturated heterocycles. The van der Waals surface area contributed by atoms with E-state index in [2.05, 4.69) is 11.6 Å². The largest absolute Gasteiger partial charge is 0.478 e. The van der Waals surface area contributed by atoms with Gasteiger partial charge in [0.1, 0.15) is 6.04 Å². The second kappa shape index (κ2) is 17.0. The van der Waals surface area contributed by atoms with Gasteiger partial charge in [-0.3, -0.25) is 9.59 Å². The summed E-state index contributed by atoms with van der Waals surface area (Å²) in [5.41, 5.74) is 6.10. The zero-order valence-corrected chi connectivity index (χ0v) is 26.0. The normalized spacial score (nSPS) is 18.7. The number of rotatable bonds is 20. The number of carboxylic acids is 1. The Kier molecular flexibility index (Phi) is 13.7. The summed E-state index contributed by atoms with van der Waals surface area (Å²) >= 11 is 0. The van der Waals surface area contributed by atoms with E-state index in [4.69, 9.17) is 5.73 Å². The maximum absolute atomic E-state index is 13.5. The van der Waals surface area contributed by atoms with Crippen LogP contribution in [0, 0.1) is 0 Å². The molecular weight excluding hydrogens is 556 g/mol. The number of nitrogens with zero attached hydrogens (tertiary/aromatic N) is 2. The van der Waals surface area contributed by atoms with Crippen molar-refractivity contribution < 1.29 is 27.9 Å². The van der Waals surface area contributed by atoms with Crippen LogP contribution in [0.1, 0.15) is 124 Å². The number of nitrogens with one attached hydrogen (secondary N) is 1. The van der Waals surface area contributed by atoms with E-state index < -0.39 is 34.0 Å². The minimum atomic E-state index is -3.58. The number of fused-ring (bicyclic) bond motifs is 2. The Hall–Kier alpha value is -2.50. The van der Waals surface area contributed by atoms with E-state index in [1.54, 1.807) is 0 Å². The Morgan fingerprint density at radius 1 is 0.952 bits per heavy atom.